The molecule has 2 aromatic carbocycles. The van der Waals surface area contributed by atoms with Gasteiger partial charge in [0.25, 0.3) is 0 Å². The van der Waals surface area contributed by atoms with E-state index in [1.807, 2.05) is 28.8 Å². The van der Waals surface area contributed by atoms with Crippen LogP contribution in [0.4, 0.5) is 0 Å². The van der Waals surface area contributed by atoms with Gasteiger partial charge in [-0.3, -0.25) is 0 Å². The molecule has 0 spiro atoms. The Labute approximate surface area is 155 Å². The van der Waals surface area contributed by atoms with Gasteiger partial charge in [0.05, 0.1) is 0 Å². The highest BCUT2D eigenvalue weighted by Crippen LogP contribution is 2.32. The van der Waals surface area contributed by atoms with E-state index < -0.39 is 0 Å². The highest BCUT2D eigenvalue weighted by atomic mass is 35.5. The van der Waals surface area contributed by atoms with Crippen LogP contribution >= 0.6 is 22.9 Å². The van der Waals surface area contributed by atoms with E-state index in [4.69, 9.17) is 16.7 Å². The van der Waals surface area contributed by atoms with Gasteiger partial charge < -0.3 is 0 Å². The highest BCUT2D eigenvalue weighted by molar-refractivity contribution is 7.19. The molecule has 0 saturated carbocycles. The van der Waals surface area contributed by atoms with Gasteiger partial charge in [-0.15, -0.1) is 10.2 Å². The van der Waals surface area contributed by atoms with E-state index in [-0.39, 0.29) is 0 Å². The van der Waals surface area contributed by atoms with Crippen molar-refractivity contribution in [2.24, 2.45) is 0 Å². The number of hydrogen-bond acceptors (Lipinski definition) is 4. The van der Waals surface area contributed by atoms with E-state index in [0.29, 0.717) is 6.42 Å². The molecule has 25 heavy (non-hydrogen) atoms. The number of hydrogen-bond donors (Lipinski definition) is 0. The van der Waals surface area contributed by atoms with E-state index in [1.165, 1.54) is 22.3 Å². The summed E-state index contributed by atoms with van der Waals surface area (Å²) in [5.74, 6) is 0.799. The summed E-state index contributed by atoms with van der Waals surface area (Å²) in [6.07, 6.45) is 0.607. The van der Waals surface area contributed by atoms with Crippen LogP contribution in [0.3, 0.4) is 0 Å². The number of aryl methyl sites for hydroxylation is 3. The van der Waals surface area contributed by atoms with E-state index in [9.17, 15) is 0 Å². The van der Waals surface area contributed by atoms with Crippen molar-refractivity contribution < 1.29 is 0 Å². The number of nitrogens with zero attached hydrogens (tertiary/aromatic N) is 4. The fourth-order valence-electron chi connectivity index (χ4n) is 3.20. The molecule has 4 nitrogen and oxygen atoms in total. The Morgan fingerprint density at radius 2 is 1.76 bits per heavy atom. The van der Waals surface area contributed by atoms with Crippen LogP contribution in [0.25, 0.3) is 15.5 Å². The van der Waals surface area contributed by atoms with Crippen LogP contribution in [0.15, 0.2) is 36.4 Å². The molecule has 0 radical (unpaired) electrons. The zero-order chi connectivity index (χ0) is 17.6. The summed E-state index contributed by atoms with van der Waals surface area (Å²) in [7, 11) is 0. The maximum absolute atomic E-state index is 6.27. The third-order valence-corrected chi connectivity index (χ3v) is 5.54. The van der Waals surface area contributed by atoms with E-state index in [2.05, 4.69) is 43.1 Å². The monoisotopic (exact) mass is 368 g/mol. The van der Waals surface area contributed by atoms with Gasteiger partial charge >= 0.3 is 0 Å². The third kappa shape index (κ3) is 2.94. The fraction of sp³-hybridized carbons (Fsp3) is 0.211. The van der Waals surface area contributed by atoms with Gasteiger partial charge in [-0.2, -0.15) is 9.61 Å². The van der Waals surface area contributed by atoms with Crippen molar-refractivity contribution in [2.75, 3.05) is 0 Å². The number of benzene rings is 2. The normalized spacial score (nSPS) is 11.4. The van der Waals surface area contributed by atoms with Gasteiger partial charge in [0.15, 0.2) is 5.82 Å². The summed E-state index contributed by atoms with van der Waals surface area (Å²) < 4.78 is 1.84. The lowest BCUT2D eigenvalue weighted by Crippen LogP contribution is -1.99. The van der Waals surface area contributed by atoms with Crippen molar-refractivity contribution in [1.82, 2.24) is 19.8 Å². The molecule has 4 rings (SSSR count). The lowest BCUT2D eigenvalue weighted by molar-refractivity contribution is 0.854. The molecule has 126 valence electrons. The summed E-state index contributed by atoms with van der Waals surface area (Å²) in [6, 6.07) is 12.2. The van der Waals surface area contributed by atoms with Crippen molar-refractivity contribution in [3.8, 4) is 10.6 Å². The quantitative estimate of drug-likeness (QED) is 0.509. The first kappa shape index (κ1) is 16.2. The molecule has 2 aromatic heterocycles. The first-order valence-electron chi connectivity index (χ1n) is 8.05. The van der Waals surface area contributed by atoms with Gasteiger partial charge in [0.1, 0.15) is 5.01 Å². The molecule has 0 amide bonds. The number of halogens is 1. The molecule has 0 aliphatic rings. The Bertz CT molecular complexity index is 1060. The van der Waals surface area contributed by atoms with Crippen LogP contribution in [0.2, 0.25) is 5.02 Å². The molecule has 0 aliphatic carbocycles. The molecule has 6 heteroatoms. The standard InChI is InChI=1S/C19H17ClN4S/c1-11-8-12(2)17(13(3)9-11)18-23-24-16(21-22-19(24)25-18)10-14-6-4-5-7-15(14)20/h4-9H,10H2,1-3H3. The van der Waals surface area contributed by atoms with Crippen molar-refractivity contribution >= 4 is 27.9 Å². The first-order chi connectivity index (χ1) is 12.0. The summed E-state index contributed by atoms with van der Waals surface area (Å²) in [5, 5.41) is 15.1. The van der Waals surface area contributed by atoms with Crippen molar-refractivity contribution in [3.05, 3.63) is 69.5 Å². The zero-order valence-electron chi connectivity index (χ0n) is 14.2. The van der Waals surface area contributed by atoms with Gasteiger partial charge in [-0.1, -0.05) is 58.8 Å². The average Bonchev–Trinajstić information content (AvgIpc) is 3.10. The molecule has 0 atom stereocenters. The predicted molar refractivity (Wildman–Crippen MR) is 103 cm³/mol. The topological polar surface area (TPSA) is 43.1 Å². The number of rotatable bonds is 3. The van der Waals surface area contributed by atoms with Crippen LogP contribution in [-0.4, -0.2) is 19.8 Å². The van der Waals surface area contributed by atoms with Gasteiger partial charge in [0, 0.05) is 17.0 Å². The average molecular weight is 369 g/mol. The van der Waals surface area contributed by atoms with Crippen LogP contribution in [0.5, 0.6) is 0 Å². The van der Waals surface area contributed by atoms with Crippen molar-refractivity contribution in [1.29, 1.82) is 0 Å². The molecule has 0 aliphatic heterocycles. The Hall–Kier alpha value is -2.24. The highest BCUT2D eigenvalue weighted by Gasteiger charge is 2.17. The van der Waals surface area contributed by atoms with Crippen LogP contribution in [-0.2, 0) is 6.42 Å². The molecule has 0 unspecified atom stereocenters. The van der Waals surface area contributed by atoms with E-state index in [1.54, 1.807) is 11.3 Å². The lowest BCUT2D eigenvalue weighted by atomic mass is 10.0. The van der Waals surface area contributed by atoms with Crippen LogP contribution in [0.1, 0.15) is 28.1 Å². The summed E-state index contributed by atoms with van der Waals surface area (Å²) in [4.78, 5) is 0.802. The second-order valence-corrected chi connectivity index (χ2v) is 7.62. The Morgan fingerprint density at radius 3 is 2.48 bits per heavy atom. The fourth-order valence-corrected chi connectivity index (χ4v) is 4.43. The largest absolute Gasteiger partial charge is 0.234 e. The third-order valence-electron chi connectivity index (χ3n) is 4.25. The van der Waals surface area contributed by atoms with Crippen LogP contribution in [0, 0.1) is 20.8 Å². The molecule has 0 bridgehead atoms. The van der Waals surface area contributed by atoms with Crippen molar-refractivity contribution in [2.45, 2.75) is 27.2 Å². The Kier molecular flexibility index (Phi) is 4.06. The second kappa shape index (κ2) is 6.24. The molecule has 0 N–H and O–H groups in total. The predicted octanol–water partition coefficient (Wildman–Crippen LogP) is 5.02. The number of aromatic nitrogens is 4. The summed E-state index contributed by atoms with van der Waals surface area (Å²) >= 11 is 7.84. The molecular formula is C19H17ClN4S. The second-order valence-electron chi connectivity index (χ2n) is 6.26. The minimum absolute atomic E-state index is 0.607. The summed E-state index contributed by atoms with van der Waals surface area (Å²) in [5.41, 5.74) is 5.94. The maximum Gasteiger partial charge on any atom is 0.234 e. The maximum atomic E-state index is 6.27. The smallest absolute Gasteiger partial charge is 0.187 e. The summed E-state index contributed by atoms with van der Waals surface area (Å²) in [6.45, 7) is 6.37. The first-order valence-corrected chi connectivity index (χ1v) is 9.25. The van der Waals surface area contributed by atoms with E-state index in [0.717, 1.165) is 26.4 Å². The lowest BCUT2D eigenvalue weighted by Gasteiger charge is -2.07. The Morgan fingerprint density at radius 1 is 1.04 bits per heavy atom. The van der Waals surface area contributed by atoms with Gasteiger partial charge in [-0.05, 0) is 43.5 Å². The zero-order valence-corrected chi connectivity index (χ0v) is 15.8. The minimum Gasteiger partial charge on any atom is -0.187 e. The van der Waals surface area contributed by atoms with Gasteiger partial charge in [-0.25, -0.2) is 0 Å². The van der Waals surface area contributed by atoms with Crippen LogP contribution < -0.4 is 0 Å². The number of fused-ring (bicyclic) bond motifs is 1. The SMILES string of the molecule is Cc1cc(C)c(-c2nn3c(Cc4ccccc4Cl)nnc3s2)c(C)c1. The Balaban J connectivity index is 1.78. The van der Waals surface area contributed by atoms with Gasteiger partial charge in [0.2, 0.25) is 4.96 Å². The van der Waals surface area contributed by atoms with Crippen molar-refractivity contribution in [3.63, 3.8) is 0 Å². The molecule has 2 heterocycles. The molecule has 0 saturated heterocycles. The molecule has 0 fully saturated rings. The molecule has 4 aromatic rings. The molecular weight excluding hydrogens is 352 g/mol. The minimum atomic E-state index is 0.607. The van der Waals surface area contributed by atoms with E-state index >= 15 is 0 Å².